The SMILES string of the molecule is Cc1ccc(NC(=O)C2COc3ccccc3C2)c(Cl)c1. The summed E-state index contributed by atoms with van der Waals surface area (Å²) < 4.78 is 5.65. The lowest BCUT2D eigenvalue weighted by atomic mass is 9.96. The molecule has 0 fully saturated rings. The first kappa shape index (κ1) is 14.0. The van der Waals surface area contributed by atoms with Gasteiger partial charge >= 0.3 is 0 Å². The Labute approximate surface area is 128 Å². The molecule has 2 aromatic rings. The van der Waals surface area contributed by atoms with Crippen molar-refractivity contribution in [1.29, 1.82) is 0 Å². The molecule has 21 heavy (non-hydrogen) atoms. The van der Waals surface area contributed by atoms with Crippen molar-refractivity contribution in [3.63, 3.8) is 0 Å². The van der Waals surface area contributed by atoms with Crippen LogP contribution < -0.4 is 10.1 Å². The molecule has 0 saturated carbocycles. The topological polar surface area (TPSA) is 38.3 Å². The van der Waals surface area contributed by atoms with Crippen LogP contribution in [0.3, 0.4) is 0 Å². The van der Waals surface area contributed by atoms with Crippen molar-refractivity contribution in [2.45, 2.75) is 13.3 Å². The summed E-state index contributed by atoms with van der Waals surface area (Å²) in [5.41, 5.74) is 2.78. The van der Waals surface area contributed by atoms with E-state index < -0.39 is 0 Å². The average molecular weight is 302 g/mol. The lowest BCUT2D eigenvalue weighted by molar-refractivity contribution is -0.121. The molecule has 1 heterocycles. The highest BCUT2D eigenvalue weighted by Crippen LogP contribution is 2.28. The summed E-state index contributed by atoms with van der Waals surface area (Å²) in [5, 5.41) is 3.44. The molecule has 4 heteroatoms. The fourth-order valence-corrected chi connectivity index (χ4v) is 2.74. The van der Waals surface area contributed by atoms with Gasteiger partial charge < -0.3 is 10.1 Å². The minimum absolute atomic E-state index is 0.0599. The molecule has 3 rings (SSSR count). The molecule has 0 aliphatic carbocycles. The normalized spacial score (nSPS) is 16.8. The van der Waals surface area contributed by atoms with Gasteiger partial charge in [-0.2, -0.15) is 0 Å². The van der Waals surface area contributed by atoms with Crippen LogP contribution in [0.4, 0.5) is 5.69 Å². The number of carbonyl (C=O) groups excluding carboxylic acids is 1. The maximum Gasteiger partial charge on any atom is 0.231 e. The molecule has 1 amide bonds. The number of benzene rings is 2. The zero-order chi connectivity index (χ0) is 14.8. The number of aryl methyl sites for hydroxylation is 1. The van der Waals surface area contributed by atoms with Crippen molar-refractivity contribution >= 4 is 23.2 Å². The third-order valence-corrected chi connectivity index (χ3v) is 3.94. The van der Waals surface area contributed by atoms with Crippen molar-refractivity contribution in [2.24, 2.45) is 5.92 Å². The molecular weight excluding hydrogens is 286 g/mol. The number of ether oxygens (including phenoxy) is 1. The number of halogens is 1. The number of hydrogen-bond donors (Lipinski definition) is 1. The Morgan fingerprint density at radius 1 is 1.29 bits per heavy atom. The van der Waals surface area contributed by atoms with Gasteiger partial charge in [0.15, 0.2) is 0 Å². The molecule has 1 unspecified atom stereocenters. The molecule has 0 spiro atoms. The van der Waals surface area contributed by atoms with Gasteiger partial charge in [-0.25, -0.2) is 0 Å². The molecular formula is C17H16ClNO2. The van der Waals surface area contributed by atoms with Crippen LogP contribution in [-0.2, 0) is 11.2 Å². The second kappa shape index (κ2) is 5.78. The van der Waals surface area contributed by atoms with E-state index in [-0.39, 0.29) is 11.8 Å². The summed E-state index contributed by atoms with van der Waals surface area (Å²) in [4.78, 5) is 12.4. The summed E-state index contributed by atoms with van der Waals surface area (Å²) in [5.74, 6) is 0.613. The van der Waals surface area contributed by atoms with Gasteiger partial charge in [0.25, 0.3) is 0 Å². The van der Waals surface area contributed by atoms with Crippen molar-refractivity contribution in [3.8, 4) is 5.75 Å². The monoisotopic (exact) mass is 301 g/mol. The average Bonchev–Trinajstić information content (AvgIpc) is 2.49. The third kappa shape index (κ3) is 3.03. The van der Waals surface area contributed by atoms with Crippen LogP contribution in [0.5, 0.6) is 5.75 Å². The van der Waals surface area contributed by atoms with E-state index in [1.54, 1.807) is 0 Å². The van der Waals surface area contributed by atoms with Crippen LogP contribution in [-0.4, -0.2) is 12.5 Å². The van der Waals surface area contributed by atoms with Gasteiger partial charge in [0.1, 0.15) is 12.4 Å². The molecule has 1 aliphatic rings. The summed E-state index contributed by atoms with van der Waals surface area (Å²) >= 11 is 6.15. The molecule has 1 atom stereocenters. The van der Waals surface area contributed by atoms with E-state index >= 15 is 0 Å². The van der Waals surface area contributed by atoms with E-state index in [4.69, 9.17) is 16.3 Å². The zero-order valence-corrected chi connectivity index (χ0v) is 12.5. The summed E-state index contributed by atoms with van der Waals surface area (Å²) in [6.45, 7) is 2.36. The Morgan fingerprint density at radius 3 is 2.90 bits per heavy atom. The summed E-state index contributed by atoms with van der Waals surface area (Å²) in [7, 11) is 0. The minimum Gasteiger partial charge on any atom is -0.492 e. The van der Waals surface area contributed by atoms with Crippen LogP contribution in [0.1, 0.15) is 11.1 Å². The third-order valence-electron chi connectivity index (χ3n) is 3.63. The first-order valence-corrected chi connectivity index (χ1v) is 7.29. The van der Waals surface area contributed by atoms with Crippen LogP contribution in [0.2, 0.25) is 5.02 Å². The fraction of sp³-hybridized carbons (Fsp3) is 0.235. The molecule has 0 radical (unpaired) electrons. The van der Waals surface area contributed by atoms with Gasteiger partial charge in [-0.3, -0.25) is 4.79 Å². The Bertz CT molecular complexity index is 684. The second-order valence-electron chi connectivity index (χ2n) is 5.29. The first-order chi connectivity index (χ1) is 10.1. The molecule has 0 saturated heterocycles. The molecule has 1 aliphatic heterocycles. The first-order valence-electron chi connectivity index (χ1n) is 6.91. The van der Waals surface area contributed by atoms with Gasteiger partial charge in [-0.1, -0.05) is 35.9 Å². The van der Waals surface area contributed by atoms with Crippen LogP contribution in [0.25, 0.3) is 0 Å². The van der Waals surface area contributed by atoms with Crippen molar-refractivity contribution in [2.75, 3.05) is 11.9 Å². The van der Waals surface area contributed by atoms with Gasteiger partial charge in [0, 0.05) is 0 Å². The smallest absolute Gasteiger partial charge is 0.231 e. The van der Waals surface area contributed by atoms with Gasteiger partial charge in [-0.15, -0.1) is 0 Å². The molecule has 1 N–H and O–H groups in total. The number of carbonyl (C=O) groups is 1. The van der Waals surface area contributed by atoms with Crippen molar-refractivity contribution in [1.82, 2.24) is 0 Å². The fourth-order valence-electron chi connectivity index (χ4n) is 2.45. The Kier molecular flexibility index (Phi) is 3.84. The number of anilines is 1. The molecule has 0 aromatic heterocycles. The molecule has 0 bridgehead atoms. The zero-order valence-electron chi connectivity index (χ0n) is 11.7. The van der Waals surface area contributed by atoms with E-state index in [9.17, 15) is 4.79 Å². The van der Waals surface area contributed by atoms with Crippen LogP contribution in [0.15, 0.2) is 42.5 Å². The Hall–Kier alpha value is -2.00. The Morgan fingerprint density at radius 2 is 2.10 bits per heavy atom. The van der Waals surface area contributed by atoms with Gasteiger partial charge in [0.2, 0.25) is 5.91 Å². The molecule has 3 nitrogen and oxygen atoms in total. The van der Waals surface area contributed by atoms with E-state index in [2.05, 4.69) is 5.32 Å². The van der Waals surface area contributed by atoms with Crippen molar-refractivity contribution < 1.29 is 9.53 Å². The molecule has 108 valence electrons. The highest BCUT2D eigenvalue weighted by Gasteiger charge is 2.26. The summed E-state index contributed by atoms with van der Waals surface area (Å²) in [6.07, 6.45) is 0.686. The predicted molar refractivity (Wildman–Crippen MR) is 83.9 cm³/mol. The number of amides is 1. The maximum atomic E-state index is 12.4. The number of rotatable bonds is 2. The van der Waals surface area contributed by atoms with E-state index in [0.717, 1.165) is 16.9 Å². The lowest BCUT2D eigenvalue weighted by Gasteiger charge is -2.24. The largest absolute Gasteiger partial charge is 0.492 e. The van der Waals surface area contributed by atoms with E-state index in [1.807, 2.05) is 49.4 Å². The van der Waals surface area contributed by atoms with Gasteiger partial charge in [-0.05, 0) is 42.7 Å². The number of para-hydroxylation sites is 1. The lowest BCUT2D eigenvalue weighted by Crippen LogP contribution is -2.32. The van der Waals surface area contributed by atoms with Crippen LogP contribution in [0, 0.1) is 12.8 Å². The van der Waals surface area contributed by atoms with Gasteiger partial charge in [0.05, 0.1) is 16.6 Å². The summed E-state index contributed by atoms with van der Waals surface area (Å²) in [6, 6.07) is 13.4. The molecule has 2 aromatic carbocycles. The Balaban J connectivity index is 1.72. The van der Waals surface area contributed by atoms with Crippen molar-refractivity contribution in [3.05, 3.63) is 58.6 Å². The quantitative estimate of drug-likeness (QED) is 0.915. The minimum atomic E-state index is -0.197. The number of fused-ring (bicyclic) bond motifs is 1. The highest BCUT2D eigenvalue weighted by molar-refractivity contribution is 6.33. The van der Waals surface area contributed by atoms with E-state index in [1.165, 1.54) is 0 Å². The highest BCUT2D eigenvalue weighted by atomic mass is 35.5. The standard InChI is InChI=1S/C17H16ClNO2/c1-11-6-7-15(14(18)8-11)19-17(20)13-9-12-4-2-3-5-16(12)21-10-13/h2-8,13H,9-10H2,1H3,(H,19,20). The second-order valence-corrected chi connectivity index (χ2v) is 5.70. The predicted octanol–water partition coefficient (Wildman–Crippen LogP) is 3.84. The van der Waals surface area contributed by atoms with Crippen LogP contribution >= 0.6 is 11.6 Å². The number of nitrogens with one attached hydrogen (secondary N) is 1. The van der Waals surface area contributed by atoms with E-state index in [0.29, 0.717) is 23.7 Å². The maximum absolute atomic E-state index is 12.4. The number of hydrogen-bond acceptors (Lipinski definition) is 2.